The minimum atomic E-state index is -0.540. The van der Waals surface area contributed by atoms with Gasteiger partial charge in [-0.3, -0.25) is 10.1 Å². The Balaban J connectivity index is 3.60. The maximum atomic E-state index is 10.9. The number of ether oxygens (including phenoxy) is 3. The summed E-state index contributed by atoms with van der Waals surface area (Å²) >= 11 is 0. The lowest BCUT2D eigenvalue weighted by Crippen LogP contribution is -2.02. The second-order valence-electron chi connectivity index (χ2n) is 3.05. The molecule has 94 valence electrons. The third-order valence-corrected chi connectivity index (χ3v) is 2.25. The second-order valence-corrected chi connectivity index (χ2v) is 3.05. The van der Waals surface area contributed by atoms with Crippen molar-refractivity contribution < 1.29 is 19.1 Å². The van der Waals surface area contributed by atoms with Crippen LogP contribution in [0.5, 0.6) is 17.2 Å². The van der Waals surface area contributed by atoms with Crippen LogP contribution in [0.1, 0.15) is 0 Å². The van der Waals surface area contributed by atoms with E-state index in [-0.39, 0.29) is 17.2 Å². The Morgan fingerprint density at radius 1 is 1.12 bits per heavy atom. The molecule has 0 spiro atoms. The number of benzene rings is 1. The number of hydrogen-bond donors (Lipinski definition) is 1. The second kappa shape index (κ2) is 5.24. The number of nitro groups is 1. The summed E-state index contributed by atoms with van der Waals surface area (Å²) in [6.45, 7) is 0. The summed E-state index contributed by atoms with van der Waals surface area (Å²) in [6, 6.07) is 1.33. The van der Waals surface area contributed by atoms with Crippen molar-refractivity contribution in [2.45, 2.75) is 0 Å². The van der Waals surface area contributed by atoms with E-state index < -0.39 is 4.92 Å². The number of methoxy groups -OCH3 is 3. The Labute approximate surface area is 98.4 Å². The molecule has 1 aromatic carbocycles. The Morgan fingerprint density at radius 2 is 1.65 bits per heavy atom. The molecule has 0 heterocycles. The van der Waals surface area contributed by atoms with E-state index in [1.807, 2.05) is 0 Å². The van der Waals surface area contributed by atoms with Gasteiger partial charge in [0.05, 0.1) is 31.9 Å². The Morgan fingerprint density at radius 3 is 2.00 bits per heavy atom. The van der Waals surface area contributed by atoms with Crippen LogP contribution < -0.4 is 19.5 Å². The zero-order valence-corrected chi connectivity index (χ0v) is 10.1. The maximum absolute atomic E-state index is 10.9. The molecule has 7 nitrogen and oxygen atoms in total. The average Bonchev–Trinajstić information content (AvgIpc) is 2.35. The first-order valence-electron chi connectivity index (χ1n) is 4.75. The first-order chi connectivity index (χ1) is 8.10. The van der Waals surface area contributed by atoms with Gasteiger partial charge in [0.15, 0.2) is 5.75 Å². The largest absolute Gasteiger partial charge is 0.491 e. The van der Waals surface area contributed by atoms with Crippen LogP contribution in [-0.4, -0.2) is 33.3 Å². The summed E-state index contributed by atoms with van der Waals surface area (Å²) < 4.78 is 15.2. The van der Waals surface area contributed by atoms with E-state index in [1.54, 1.807) is 7.05 Å². The van der Waals surface area contributed by atoms with Gasteiger partial charge in [0, 0.05) is 13.1 Å². The lowest BCUT2D eigenvalue weighted by molar-refractivity contribution is -0.385. The smallest absolute Gasteiger partial charge is 0.317 e. The van der Waals surface area contributed by atoms with Crippen molar-refractivity contribution in [2.24, 2.45) is 0 Å². The summed E-state index contributed by atoms with van der Waals surface area (Å²) in [5.74, 6) is 0.583. The third-order valence-electron chi connectivity index (χ3n) is 2.25. The van der Waals surface area contributed by atoms with Crippen LogP contribution in [0.3, 0.4) is 0 Å². The molecule has 0 fully saturated rings. The first-order valence-corrected chi connectivity index (χ1v) is 4.75. The first kappa shape index (κ1) is 12.9. The number of nitrogens with zero attached hydrogens (tertiary/aromatic N) is 1. The van der Waals surface area contributed by atoms with Crippen LogP contribution in [0.2, 0.25) is 0 Å². The monoisotopic (exact) mass is 242 g/mol. The third kappa shape index (κ3) is 2.17. The zero-order chi connectivity index (χ0) is 13.0. The molecule has 0 aromatic heterocycles. The molecule has 0 unspecified atom stereocenters. The van der Waals surface area contributed by atoms with Gasteiger partial charge >= 0.3 is 5.69 Å². The molecule has 0 saturated carbocycles. The Kier molecular flexibility index (Phi) is 3.97. The molecule has 1 N–H and O–H groups in total. The highest BCUT2D eigenvalue weighted by atomic mass is 16.6. The highest BCUT2D eigenvalue weighted by molar-refractivity contribution is 5.75. The summed E-state index contributed by atoms with van der Waals surface area (Å²) in [5, 5.41) is 13.7. The van der Waals surface area contributed by atoms with Gasteiger partial charge in [-0.2, -0.15) is 0 Å². The van der Waals surface area contributed by atoms with E-state index in [0.29, 0.717) is 11.4 Å². The normalized spacial score (nSPS) is 9.65. The molecule has 0 aliphatic carbocycles. The molecule has 17 heavy (non-hydrogen) atoms. The molecule has 0 aliphatic rings. The molecule has 0 radical (unpaired) electrons. The number of nitro benzene ring substituents is 1. The van der Waals surface area contributed by atoms with Crippen molar-refractivity contribution in [3.8, 4) is 17.2 Å². The minimum absolute atomic E-state index is 0.0355. The molecular weight excluding hydrogens is 228 g/mol. The van der Waals surface area contributed by atoms with E-state index >= 15 is 0 Å². The fraction of sp³-hybridized carbons (Fsp3) is 0.400. The molecule has 0 atom stereocenters. The Bertz CT molecular complexity index is 433. The molecular formula is C10H14N2O5. The van der Waals surface area contributed by atoms with Crippen molar-refractivity contribution in [1.82, 2.24) is 0 Å². The fourth-order valence-corrected chi connectivity index (χ4v) is 1.52. The van der Waals surface area contributed by atoms with Crippen molar-refractivity contribution >= 4 is 11.4 Å². The quantitative estimate of drug-likeness (QED) is 0.624. The van der Waals surface area contributed by atoms with Crippen molar-refractivity contribution in [3.63, 3.8) is 0 Å². The Hall–Kier alpha value is -2.18. The lowest BCUT2D eigenvalue weighted by Gasteiger charge is -2.15. The lowest BCUT2D eigenvalue weighted by atomic mass is 10.2. The molecule has 0 amide bonds. The predicted octanol–water partition coefficient (Wildman–Crippen LogP) is 1.66. The fourth-order valence-electron chi connectivity index (χ4n) is 1.52. The molecule has 0 saturated heterocycles. The van der Waals surface area contributed by atoms with Crippen LogP contribution in [0.15, 0.2) is 6.07 Å². The van der Waals surface area contributed by atoms with Crippen molar-refractivity contribution in [3.05, 3.63) is 16.2 Å². The van der Waals surface area contributed by atoms with E-state index in [0.717, 1.165) is 0 Å². The summed E-state index contributed by atoms with van der Waals surface area (Å²) in [4.78, 5) is 10.4. The number of anilines is 1. The van der Waals surface area contributed by atoms with Crippen molar-refractivity contribution in [2.75, 3.05) is 33.7 Å². The molecule has 0 aliphatic heterocycles. The van der Waals surface area contributed by atoms with Crippen molar-refractivity contribution in [1.29, 1.82) is 0 Å². The van der Waals surface area contributed by atoms with Gasteiger partial charge in [0.1, 0.15) is 0 Å². The standard InChI is InChI=1S/C10H14N2O5/c1-11-6-5-7(12(13)14)9(16-3)10(17-4)8(6)15-2/h5,11H,1-4H3. The summed E-state index contributed by atoms with van der Waals surface area (Å²) in [5.41, 5.74) is 0.270. The number of rotatable bonds is 5. The van der Waals surface area contributed by atoms with Crippen LogP contribution in [0.4, 0.5) is 11.4 Å². The van der Waals surface area contributed by atoms with Gasteiger partial charge in [-0.05, 0) is 0 Å². The maximum Gasteiger partial charge on any atom is 0.317 e. The molecule has 0 bridgehead atoms. The van der Waals surface area contributed by atoms with Gasteiger partial charge in [-0.25, -0.2) is 0 Å². The van der Waals surface area contributed by atoms with Gasteiger partial charge in [-0.15, -0.1) is 0 Å². The van der Waals surface area contributed by atoms with Gasteiger partial charge in [0.2, 0.25) is 11.5 Å². The van der Waals surface area contributed by atoms with E-state index in [1.165, 1.54) is 27.4 Å². The van der Waals surface area contributed by atoms with E-state index in [4.69, 9.17) is 14.2 Å². The van der Waals surface area contributed by atoms with Gasteiger partial charge in [-0.1, -0.05) is 0 Å². The number of hydrogen-bond acceptors (Lipinski definition) is 6. The van der Waals surface area contributed by atoms with Gasteiger partial charge < -0.3 is 19.5 Å². The molecule has 1 aromatic rings. The molecule has 1 rings (SSSR count). The topological polar surface area (TPSA) is 82.9 Å². The van der Waals surface area contributed by atoms with E-state index in [9.17, 15) is 10.1 Å². The highest BCUT2D eigenvalue weighted by Crippen LogP contribution is 2.48. The SMILES string of the molecule is CNc1cc([N+](=O)[O-])c(OC)c(OC)c1OC. The summed E-state index contributed by atoms with van der Waals surface area (Å²) in [6.07, 6.45) is 0. The van der Waals surface area contributed by atoms with Crippen LogP contribution in [0.25, 0.3) is 0 Å². The number of nitrogens with one attached hydrogen (secondary N) is 1. The minimum Gasteiger partial charge on any atom is -0.491 e. The van der Waals surface area contributed by atoms with Crippen LogP contribution in [-0.2, 0) is 0 Å². The summed E-state index contributed by atoms with van der Waals surface area (Å²) in [7, 11) is 5.81. The van der Waals surface area contributed by atoms with Crippen LogP contribution in [0, 0.1) is 10.1 Å². The van der Waals surface area contributed by atoms with E-state index in [2.05, 4.69) is 5.32 Å². The van der Waals surface area contributed by atoms with Crippen LogP contribution >= 0.6 is 0 Å². The molecule has 7 heteroatoms. The average molecular weight is 242 g/mol. The highest BCUT2D eigenvalue weighted by Gasteiger charge is 2.26. The predicted molar refractivity (Wildman–Crippen MR) is 62.3 cm³/mol. The van der Waals surface area contributed by atoms with Gasteiger partial charge in [0.25, 0.3) is 0 Å². The zero-order valence-electron chi connectivity index (χ0n) is 10.1.